The van der Waals surface area contributed by atoms with E-state index in [4.69, 9.17) is 27.9 Å². The molecule has 0 unspecified atom stereocenters. The Morgan fingerprint density at radius 3 is 2.48 bits per heavy atom. The Kier molecular flexibility index (Phi) is 5.66. The Bertz CT molecular complexity index is 744. The first kappa shape index (κ1) is 17.8. The van der Waals surface area contributed by atoms with Crippen LogP contribution in [0.2, 0.25) is 10.0 Å². The molecule has 132 valence electrons. The topological polar surface area (TPSA) is 45.7 Å². The SMILES string of the molecule is Cc1cc(Cl)ccc1OCC(=O)N1CCN(c2ccc(Cl)cn2)CC1. The first-order valence-electron chi connectivity index (χ1n) is 8.06. The third-order valence-electron chi connectivity index (χ3n) is 4.16. The molecule has 0 N–H and O–H groups in total. The van der Waals surface area contributed by atoms with Gasteiger partial charge in [0.2, 0.25) is 0 Å². The Labute approximate surface area is 157 Å². The van der Waals surface area contributed by atoms with Gasteiger partial charge < -0.3 is 14.5 Å². The zero-order valence-corrected chi connectivity index (χ0v) is 15.4. The van der Waals surface area contributed by atoms with Crippen molar-refractivity contribution in [3.05, 3.63) is 52.1 Å². The summed E-state index contributed by atoms with van der Waals surface area (Å²) in [7, 11) is 0. The highest BCUT2D eigenvalue weighted by molar-refractivity contribution is 6.30. The minimum absolute atomic E-state index is 0.0157. The molecular formula is C18H19Cl2N3O2. The number of hydrogen-bond donors (Lipinski definition) is 0. The maximum atomic E-state index is 12.4. The third-order valence-corrected chi connectivity index (χ3v) is 4.61. The van der Waals surface area contributed by atoms with Gasteiger partial charge in [0.15, 0.2) is 6.61 Å². The van der Waals surface area contributed by atoms with E-state index in [2.05, 4.69) is 9.88 Å². The van der Waals surface area contributed by atoms with Gasteiger partial charge in [0.1, 0.15) is 11.6 Å². The van der Waals surface area contributed by atoms with Crippen LogP contribution in [0.25, 0.3) is 0 Å². The molecule has 0 saturated carbocycles. The minimum Gasteiger partial charge on any atom is -0.483 e. The number of halogens is 2. The molecule has 2 heterocycles. The molecule has 3 rings (SSSR count). The predicted octanol–water partition coefficient (Wildman–Crippen LogP) is 3.42. The second-order valence-corrected chi connectivity index (χ2v) is 6.77. The van der Waals surface area contributed by atoms with Crippen LogP contribution in [0.15, 0.2) is 36.5 Å². The van der Waals surface area contributed by atoms with Crippen molar-refractivity contribution in [2.45, 2.75) is 6.92 Å². The van der Waals surface area contributed by atoms with Crippen LogP contribution in [0, 0.1) is 6.92 Å². The summed E-state index contributed by atoms with van der Waals surface area (Å²) in [5, 5.41) is 1.27. The molecule has 25 heavy (non-hydrogen) atoms. The van der Waals surface area contributed by atoms with Crippen LogP contribution in [0.5, 0.6) is 5.75 Å². The molecule has 0 spiro atoms. The lowest BCUT2D eigenvalue weighted by Crippen LogP contribution is -2.50. The van der Waals surface area contributed by atoms with Gasteiger partial charge in [-0.2, -0.15) is 0 Å². The number of anilines is 1. The molecule has 1 amide bonds. The Morgan fingerprint density at radius 1 is 1.12 bits per heavy atom. The van der Waals surface area contributed by atoms with Crippen LogP contribution in [0.1, 0.15) is 5.56 Å². The van der Waals surface area contributed by atoms with Gasteiger partial charge in [-0.05, 0) is 42.8 Å². The lowest BCUT2D eigenvalue weighted by atomic mass is 10.2. The molecule has 1 fully saturated rings. The van der Waals surface area contributed by atoms with Crippen molar-refractivity contribution in [3.63, 3.8) is 0 Å². The zero-order chi connectivity index (χ0) is 17.8. The van der Waals surface area contributed by atoms with Gasteiger partial charge in [-0.15, -0.1) is 0 Å². The average Bonchev–Trinajstić information content (AvgIpc) is 2.61. The zero-order valence-electron chi connectivity index (χ0n) is 13.9. The number of carbonyl (C=O) groups excluding carboxylic acids is 1. The smallest absolute Gasteiger partial charge is 0.260 e. The lowest BCUT2D eigenvalue weighted by molar-refractivity contribution is -0.133. The third kappa shape index (κ3) is 4.55. The summed E-state index contributed by atoms with van der Waals surface area (Å²) in [5.74, 6) is 1.55. The largest absolute Gasteiger partial charge is 0.483 e. The highest BCUT2D eigenvalue weighted by atomic mass is 35.5. The first-order chi connectivity index (χ1) is 12.0. The number of piperazine rings is 1. The van der Waals surface area contributed by atoms with E-state index < -0.39 is 0 Å². The van der Waals surface area contributed by atoms with Crippen molar-refractivity contribution in [3.8, 4) is 5.75 Å². The van der Waals surface area contributed by atoms with Gasteiger partial charge in [-0.1, -0.05) is 23.2 Å². The monoisotopic (exact) mass is 379 g/mol. The van der Waals surface area contributed by atoms with Crippen molar-refractivity contribution in [1.82, 2.24) is 9.88 Å². The molecule has 1 saturated heterocycles. The Morgan fingerprint density at radius 2 is 1.84 bits per heavy atom. The number of nitrogens with zero attached hydrogens (tertiary/aromatic N) is 3. The van der Waals surface area contributed by atoms with Crippen LogP contribution >= 0.6 is 23.2 Å². The summed E-state index contributed by atoms with van der Waals surface area (Å²) in [6.45, 7) is 4.70. The van der Waals surface area contributed by atoms with E-state index in [0.717, 1.165) is 24.5 Å². The fourth-order valence-corrected chi connectivity index (χ4v) is 3.08. The van der Waals surface area contributed by atoms with Crippen LogP contribution in [-0.4, -0.2) is 48.6 Å². The molecule has 1 aromatic carbocycles. The molecule has 1 aromatic heterocycles. The molecule has 0 aliphatic carbocycles. The number of benzene rings is 1. The second-order valence-electron chi connectivity index (χ2n) is 5.90. The molecule has 1 aliphatic rings. The van der Waals surface area contributed by atoms with E-state index in [1.54, 1.807) is 18.3 Å². The molecule has 7 heteroatoms. The van der Waals surface area contributed by atoms with Crippen molar-refractivity contribution in [2.75, 3.05) is 37.7 Å². The fraction of sp³-hybridized carbons (Fsp3) is 0.333. The number of pyridine rings is 1. The number of carbonyl (C=O) groups is 1. The van der Waals surface area contributed by atoms with Gasteiger partial charge >= 0.3 is 0 Å². The maximum Gasteiger partial charge on any atom is 0.260 e. The first-order valence-corrected chi connectivity index (χ1v) is 8.82. The summed E-state index contributed by atoms with van der Waals surface area (Å²) >= 11 is 11.8. The van der Waals surface area contributed by atoms with E-state index in [1.165, 1.54) is 0 Å². The van der Waals surface area contributed by atoms with Crippen molar-refractivity contribution in [1.29, 1.82) is 0 Å². The fourth-order valence-electron chi connectivity index (χ4n) is 2.75. The molecule has 0 atom stereocenters. The number of aromatic nitrogens is 1. The summed E-state index contributed by atoms with van der Waals surface area (Å²) in [5.41, 5.74) is 0.916. The lowest BCUT2D eigenvalue weighted by Gasteiger charge is -2.35. The summed E-state index contributed by atoms with van der Waals surface area (Å²) < 4.78 is 5.64. The van der Waals surface area contributed by atoms with Crippen molar-refractivity contribution < 1.29 is 9.53 Å². The number of hydrogen-bond acceptors (Lipinski definition) is 4. The number of aryl methyl sites for hydroxylation is 1. The van der Waals surface area contributed by atoms with Gasteiger partial charge in [-0.3, -0.25) is 4.79 Å². The van der Waals surface area contributed by atoms with E-state index in [-0.39, 0.29) is 12.5 Å². The van der Waals surface area contributed by atoms with E-state index in [1.807, 2.05) is 30.0 Å². The van der Waals surface area contributed by atoms with Crippen molar-refractivity contribution in [2.24, 2.45) is 0 Å². The normalized spacial score (nSPS) is 14.5. The standard InChI is InChI=1S/C18H19Cl2N3O2/c1-13-10-14(19)2-4-16(13)25-12-18(24)23-8-6-22(7-9-23)17-5-3-15(20)11-21-17/h2-5,10-11H,6-9,12H2,1H3. The average molecular weight is 380 g/mol. The molecule has 0 radical (unpaired) electrons. The van der Waals surface area contributed by atoms with E-state index in [9.17, 15) is 4.79 Å². The Hall–Kier alpha value is -1.98. The predicted molar refractivity (Wildman–Crippen MR) is 99.7 cm³/mol. The maximum absolute atomic E-state index is 12.4. The Balaban J connectivity index is 1.50. The molecule has 0 bridgehead atoms. The quantitative estimate of drug-likeness (QED) is 0.816. The molecule has 5 nitrogen and oxygen atoms in total. The van der Waals surface area contributed by atoms with Gasteiger partial charge in [0.25, 0.3) is 5.91 Å². The van der Waals surface area contributed by atoms with Crippen LogP contribution in [-0.2, 0) is 4.79 Å². The molecule has 2 aromatic rings. The minimum atomic E-state index is -0.0157. The van der Waals surface area contributed by atoms with Crippen LogP contribution in [0.3, 0.4) is 0 Å². The highest BCUT2D eigenvalue weighted by Gasteiger charge is 2.22. The van der Waals surface area contributed by atoms with Crippen LogP contribution in [0.4, 0.5) is 5.82 Å². The number of rotatable bonds is 4. The second kappa shape index (κ2) is 7.93. The highest BCUT2D eigenvalue weighted by Crippen LogP contribution is 2.22. The van der Waals surface area contributed by atoms with Crippen LogP contribution < -0.4 is 9.64 Å². The summed E-state index contributed by atoms with van der Waals surface area (Å²) in [6.07, 6.45) is 1.64. The van der Waals surface area contributed by atoms with Gasteiger partial charge in [0, 0.05) is 37.4 Å². The number of amides is 1. The van der Waals surface area contributed by atoms with Crippen molar-refractivity contribution >= 4 is 34.9 Å². The van der Waals surface area contributed by atoms with Gasteiger partial charge in [0.05, 0.1) is 5.02 Å². The van der Waals surface area contributed by atoms with Gasteiger partial charge in [-0.25, -0.2) is 4.98 Å². The summed E-state index contributed by atoms with van der Waals surface area (Å²) in [6, 6.07) is 9.08. The molecular weight excluding hydrogens is 361 g/mol. The summed E-state index contributed by atoms with van der Waals surface area (Å²) in [4.78, 5) is 20.6. The number of ether oxygens (including phenoxy) is 1. The van der Waals surface area contributed by atoms with E-state index >= 15 is 0 Å². The van der Waals surface area contributed by atoms with E-state index in [0.29, 0.717) is 28.9 Å². The molecule has 1 aliphatic heterocycles.